The highest BCUT2D eigenvalue weighted by molar-refractivity contribution is 7.73. The zero-order valence-electron chi connectivity index (χ0n) is 8.99. The Morgan fingerprint density at radius 1 is 1.22 bits per heavy atom. The number of fused-ring (bicyclic) bond motifs is 1. The molecule has 0 unspecified atom stereocenters. The van der Waals surface area contributed by atoms with E-state index in [2.05, 4.69) is 9.97 Å². The topological polar surface area (TPSA) is 48.6 Å². The van der Waals surface area contributed by atoms with Gasteiger partial charge in [0.05, 0.1) is 10.4 Å². The molecule has 0 spiro atoms. The normalized spacial score (nSPS) is 10.9. The van der Waals surface area contributed by atoms with Crippen LogP contribution in [0.25, 0.3) is 21.5 Å². The average molecular weight is 278 g/mol. The maximum atomic E-state index is 13.7. The number of hydrogen-bond donors (Lipinski definition) is 2. The maximum absolute atomic E-state index is 13.7. The number of pyridine rings is 1. The molecule has 0 saturated carbocycles. The lowest BCUT2D eigenvalue weighted by atomic mass is 10.1. The zero-order chi connectivity index (χ0) is 12.7. The highest BCUT2D eigenvalue weighted by Gasteiger charge is 2.09. The van der Waals surface area contributed by atoms with E-state index >= 15 is 0 Å². The standard InChI is InChI=1S/C12H7FN2OS2/c13-7-4-2-1-3-6(7)8-5-9-10(11(16)14-8)15-12(17)18-9/h1-5H,(H,14,16)(H,15,17). The molecule has 3 nitrogen and oxygen atoms in total. The predicted octanol–water partition coefficient (Wildman–Crippen LogP) is 3.45. The van der Waals surface area contributed by atoms with E-state index in [1.165, 1.54) is 17.4 Å². The Labute approximate surface area is 110 Å². The van der Waals surface area contributed by atoms with Crippen molar-refractivity contribution in [2.24, 2.45) is 0 Å². The molecule has 0 bridgehead atoms. The van der Waals surface area contributed by atoms with Crippen molar-refractivity contribution in [3.05, 3.63) is 50.5 Å². The Hall–Kier alpha value is -1.79. The SMILES string of the molecule is O=c1[nH]c(-c2ccccc2F)cc2sc(=S)[nH]c12. The first kappa shape index (κ1) is 11.3. The Morgan fingerprint density at radius 2 is 2.00 bits per heavy atom. The summed E-state index contributed by atoms with van der Waals surface area (Å²) in [5.41, 5.74) is 0.967. The van der Waals surface area contributed by atoms with Gasteiger partial charge in [-0.2, -0.15) is 0 Å². The molecule has 0 atom stereocenters. The van der Waals surface area contributed by atoms with Crippen molar-refractivity contribution in [2.75, 3.05) is 0 Å². The summed E-state index contributed by atoms with van der Waals surface area (Å²) < 4.78 is 14.9. The Morgan fingerprint density at radius 3 is 2.78 bits per heavy atom. The van der Waals surface area contributed by atoms with Crippen LogP contribution < -0.4 is 5.56 Å². The summed E-state index contributed by atoms with van der Waals surface area (Å²) in [7, 11) is 0. The molecule has 18 heavy (non-hydrogen) atoms. The van der Waals surface area contributed by atoms with Crippen molar-refractivity contribution in [3.63, 3.8) is 0 Å². The number of halogens is 1. The van der Waals surface area contributed by atoms with E-state index in [0.29, 0.717) is 20.7 Å². The van der Waals surface area contributed by atoms with Gasteiger partial charge in [-0.1, -0.05) is 12.1 Å². The van der Waals surface area contributed by atoms with E-state index in [9.17, 15) is 9.18 Å². The molecule has 0 amide bonds. The molecule has 0 fully saturated rings. The third-order valence-corrected chi connectivity index (χ3v) is 3.77. The van der Waals surface area contributed by atoms with Crippen molar-refractivity contribution in [1.82, 2.24) is 9.97 Å². The lowest BCUT2D eigenvalue weighted by Gasteiger charge is -2.02. The molecule has 0 aliphatic heterocycles. The minimum Gasteiger partial charge on any atom is -0.332 e. The first-order valence-electron chi connectivity index (χ1n) is 5.16. The van der Waals surface area contributed by atoms with E-state index in [0.717, 1.165) is 4.70 Å². The summed E-state index contributed by atoms with van der Waals surface area (Å²) >= 11 is 6.29. The number of hydrogen-bond acceptors (Lipinski definition) is 3. The summed E-state index contributed by atoms with van der Waals surface area (Å²) in [5, 5.41) is 0. The van der Waals surface area contributed by atoms with Gasteiger partial charge in [-0.3, -0.25) is 4.79 Å². The molecule has 0 aliphatic rings. The lowest BCUT2D eigenvalue weighted by molar-refractivity contribution is 0.630. The van der Waals surface area contributed by atoms with Crippen LogP contribution in [0.2, 0.25) is 0 Å². The van der Waals surface area contributed by atoms with Gasteiger partial charge in [0.2, 0.25) is 0 Å². The first-order chi connectivity index (χ1) is 8.65. The molecule has 2 N–H and O–H groups in total. The Kier molecular flexibility index (Phi) is 2.61. The summed E-state index contributed by atoms with van der Waals surface area (Å²) in [6.07, 6.45) is 0. The van der Waals surface area contributed by atoms with Gasteiger partial charge in [-0.05, 0) is 30.4 Å². The summed E-state index contributed by atoms with van der Waals surface area (Å²) in [6.45, 7) is 0. The van der Waals surface area contributed by atoms with Crippen LogP contribution in [0.3, 0.4) is 0 Å². The number of aromatic nitrogens is 2. The fraction of sp³-hybridized carbons (Fsp3) is 0. The van der Waals surface area contributed by atoms with E-state index < -0.39 is 0 Å². The van der Waals surface area contributed by atoms with Crippen LogP contribution >= 0.6 is 23.6 Å². The largest absolute Gasteiger partial charge is 0.332 e. The van der Waals surface area contributed by atoms with Crippen LogP contribution in [0.4, 0.5) is 4.39 Å². The quantitative estimate of drug-likeness (QED) is 0.670. The summed E-state index contributed by atoms with van der Waals surface area (Å²) in [4.78, 5) is 17.3. The van der Waals surface area contributed by atoms with Gasteiger partial charge < -0.3 is 9.97 Å². The monoisotopic (exact) mass is 278 g/mol. The van der Waals surface area contributed by atoms with Crippen LogP contribution in [0.1, 0.15) is 0 Å². The second kappa shape index (κ2) is 4.15. The minimum atomic E-state index is -0.369. The third kappa shape index (κ3) is 1.79. The highest BCUT2D eigenvalue weighted by Crippen LogP contribution is 2.24. The van der Waals surface area contributed by atoms with E-state index in [1.54, 1.807) is 24.3 Å². The second-order valence-corrected chi connectivity index (χ2v) is 5.46. The molecule has 2 aromatic heterocycles. The van der Waals surface area contributed by atoms with Crippen LogP contribution in [0.15, 0.2) is 35.1 Å². The molecule has 2 heterocycles. The Balaban J connectivity index is 2.34. The van der Waals surface area contributed by atoms with E-state index in [1.807, 2.05) is 0 Å². The van der Waals surface area contributed by atoms with Crippen LogP contribution in [-0.4, -0.2) is 9.97 Å². The molecular formula is C12H7FN2OS2. The molecule has 0 aliphatic carbocycles. The fourth-order valence-electron chi connectivity index (χ4n) is 1.79. The lowest BCUT2D eigenvalue weighted by Crippen LogP contribution is -2.07. The number of rotatable bonds is 1. The molecule has 90 valence electrons. The average Bonchev–Trinajstić information content (AvgIpc) is 2.71. The number of nitrogens with one attached hydrogen (secondary N) is 2. The number of benzene rings is 1. The zero-order valence-corrected chi connectivity index (χ0v) is 10.6. The van der Waals surface area contributed by atoms with Crippen LogP contribution in [0, 0.1) is 9.77 Å². The predicted molar refractivity (Wildman–Crippen MR) is 73.0 cm³/mol. The van der Waals surface area contributed by atoms with Crippen molar-refractivity contribution in [1.29, 1.82) is 0 Å². The van der Waals surface area contributed by atoms with Gasteiger partial charge in [-0.25, -0.2) is 4.39 Å². The Bertz CT molecular complexity index is 847. The van der Waals surface area contributed by atoms with Gasteiger partial charge in [0, 0.05) is 5.56 Å². The molecule has 0 saturated heterocycles. The van der Waals surface area contributed by atoms with Crippen molar-refractivity contribution < 1.29 is 4.39 Å². The fourth-order valence-corrected chi connectivity index (χ4v) is 2.93. The minimum absolute atomic E-state index is 0.293. The van der Waals surface area contributed by atoms with Gasteiger partial charge in [-0.15, -0.1) is 11.3 Å². The molecule has 3 aromatic rings. The molecular weight excluding hydrogens is 271 g/mol. The molecule has 3 rings (SSSR count). The second-order valence-electron chi connectivity index (χ2n) is 3.75. The number of H-pyrrole nitrogens is 2. The van der Waals surface area contributed by atoms with Crippen molar-refractivity contribution in [2.45, 2.75) is 0 Å². The molecule has 6 heteroatoms. The van der Waals surface area contributed by atoms with Crippen LogP contribution in [0.5, 0.6) is 0 Å². The third-order valence-electron chi connectivity index (χ3n) is 2.59. The van der Waals surface area contributed by atoms with Gasteiger partial charge in [0.15, 0.2) is 3.95 Å². The molecule has 0 radical (unpaired) electrons. The van der Waals surface area contributed by atoms with Gasteiger partial charge in [0.25, 0.3) is 5.56 Å². The van der Waals surface area contributed by atoms with Crippen molar-refractivity contribution >= 4 is 33.8 Å². The highest BCUT2D eigenvalue weighted by atomic mass is 32.1. The van der Waals surface area contributed by atoms with E-state index in [-0.39, 0.29) is 11.4 Å². The van der Waals surface area contributed by atoms with Gasteiger partial charge in [0.1, 0.15) is 11.3 Å². The number of thiazole rings is 1. The summed E-state index contributed by atoms with van der Waals surface area (Å²) in [6, 6.07) is 8.04. The molecule has 1 aromatic carbocycles. The number of aromatic amines is 2. The smallest absolute Gasteiger partial charge is 0.273 e. The van der Waals surface area contributed by atoms with Crippen LogP contribution in [-0.2, 0) is 0 Å². The summed E-state index contributed by atoms with van der Waals surface area (Å²) in [5.74, 6) is -0.369. The van der Waals surface area contributed by atoms with Crippen molar-refractivity contribution in [3.8, 4) is 11.3 Å². The van der Waals surface area contributed by atoms with Gasteiger partial charge >= 0.3 is 0 Å². The maximum Gasteiger partial charge on any atom is 0.273 e. The first-order valence-corrected chi connectivity index (χ1v) is 6.38. The van der Waals surface area contributed by atoms with E-state index in [4.69, 9.17) is 12.2 Å².